The van der Waals surface area contributed by atoms with Gasteiger partial charge in [0.05, 0.1) is 22.5 Å². The van der Waals surface area contributed by atoms with E-state index < -0.39 is 4.92 Å². The fourth-order valence-corrected chi connectivity index (χ4v) is 2.51. The summed E-state index contributed by atoms with van der Waals surface area (Å²) >= 11 is 0. The molecule has 1 fully saturated rings. The molecule has 0 aliphatic heterocycles. The van der Waals surface area contributed by atoms with E-state index in [4.69, 9.17) is 0 Å². The molecule has 0 atom stereocenters. The Morgan fingerprint density at radius 2 is 2.09 bits per heavy atom. The smallest absolute Gasteiger partial charge is 0.273 e. The zero-order chi connectivity index (χ0) is 16.6. The highest BCUT2D eigenvalue weighted by molar-refractivity contribution is 6.06. The number of aromatic nitrogens is 2. The quantitative estimate of drug-likeness (QED) is 0.691. The zero-order valence-corrected chi connectivity index (χ0v) is 12.9. The van der Waals surface area contributed by atoms with Gasteiger partial charge in [-0.15, -0.1) is 0 Å². The van der Waals surface area contributed by atoms with Gasteiger partial charge in [0.15, 0.2) is 0 Å². The predicted octanol–water partition coefficient (Wildman–Crippen LogP) is 3.13. The van der Waals surface area contributed by atoms with Crippen LogP contribution in [-0.2, 0) is 0 Å². The lowest BCUT2D eigenvalue weighted by Gasteiger charge is -2.11. The van der Waals surface area contributed by atoms with E-state index in [0.717, 1.165) is 18.5 Å². The molecule has 1 aromatic heterocycles. The molecule has 0 bridgehead atoms. The van der Waals surface area contributed by atoms with Crippen LogP contribution in [0.25, 0.3) is 0 Å². The molecule has 1 aliphatic rings. The number of carbonyl (C=O) groups is 1. The number of nitro groups is 1. The second-order valence-corrected chi connectivity index (χ2v) is 5.65. The van der Waals surface area contributed by atoms with E-state index in [-0.39, 0.29) is 17.2 Å². The van der Waals surface area contributed by atoms with Gasteiger partial charge in [0.25, 0.3) is 11.6 Å². The molecule has 1 heterocycles. The number of benzene rings is 1. The van der Waals surface area contributed by atoms with Crippen molar-refractivity contribution in [1.82, 2.24) is 9.97 Å². The maximum Gasteiger partial charge on any atom is 0.273 e. The summed E-state index contributed by atoms with van der Waals surface area (Å²) in [6, 6.07) is 4.47. The highest BCUT2D eigenvalue weighted by atomic mass is 16.6. The maximum absolute atomic E-state index is 12.5. The Bertz CT molecular complexity index is 800. The van der Waals surface area contributed by atoms with Crippen molar-refractivity contribution >= 4 is 17.3 Å². The third-order valence-corrected chi connectivity index (χ3v) is 3.90. The van der Waals surface area contributed by atoms with Gasteiger partial charge in [0.1, 0.15) is 5.82 Å². The number of rotatable bonds is 4. The fourth-order valence-electron chi connectivity index (χ4n) is 2.51. The molecule has 1 N–H and O–H groups in total. The highest BCUT2D eigenvalue weighted by Gasteiger charge is 2.29. The number of nitrogens with zero attached hydrogens (tertiary/aromatic N) is 3. The molecule has 1 aliphatic carbocycles. The summed E-state index contributed by atoms with van der Waals surface area (Å²) in [5.74, 6) is 0.634. The number of aryl methyl sites for hydroxylation is 1. The van der Waals surface area contributed by atoms with Crippen LogP contribution in [-0.4, -0.2) is 20.8 Å². The zero-order valence-electron chi connectivity index (χ0n) is 12.9. The number of nitro benzene ring substituents is 1. The molecule has 7 nitrogen and oxygen atoms in total. The highest BCUT2D eigenvalue weighted by Crippen LogP contribution is 2.42. The van der Waals surface area contributed by atoms with Crippen LogP contribution in [0.2, 0.25) is 0 Å². The van der Waals surface area contributed by atoms with Crippen molar-refractivity contribution in [2.24, 2.45) is 0 Å². The van der Waals surface area contributed by atoms with Gasteiger partial charge in [0.2, 0.25) is 0 Å². The van der Waals surface area contributed by atoms with Gasteiger partial charge in [-0.1, -0.05) is 6.07 Å². The molecule has 0 unspecified atom stereocenters. The SMILES string of the molecule is Cc1ncc(NC(=O)c2cccc([N+](=O)[O-])c2C)c(C2CC2)n1. The molecule has 0 spiro atoms. The second kappa shape index (κ2) is 5.75. The monoisotopic (exact) mass is 312 g/mol. The first-order chi connectivity index (χ1) is 11.0. The summed E-state index contributed by atoms with van der Waals surface area (Å²) in [4.78, 5) is 31.6. The number of nitrogens with one attached hydrogen (secondary N) is 1. The summed E-state index contributed by atoms with van der Waals surface area (Å²) in [7, 11) is 0. The third kappa shape index (κ3) is 3.03. The molecule has 0 saturated heterocycles. The summed E-state index contributed by atoms with van der Waals surface area (Å²) in [5.41, 5.74) is 1.97. The van der Waals surface area contributed by atoms with Crippen molar-refractivity contribution in [3.8, 4) is 0 Å². The topological polar surface area (TPSA) is 98.0 Å². The molecular weight excluding hydrogens is 296 g/mol. The van der Waals surface area contributed by atoms with Crippen LogP contribution in [0.1, 0.15) is 46.2 Å². The average molecular weight is 312 g/mol. The van der Waals surface area contributed by atoms with Gasteiger partial charge < -0.3 is 5.32 Å². The van der Waals surface area contributed by atoms with Crippen LogP contribution in [0.4, 0.5) is 11.4 Å². The second-order valence-electron chi connectivity index (χ2n) is 5.65. The Morgan fingerprint density at radius 3 is 2.74 bits per heavy atom. The fraction of sp³-hybridized carbons (Fsp3) is 0.312. The van der Waals surface area contributed by atoms with Crippen LogP contribution >= 0.6 is 0 Å². The normalized spacial score (nSPS) is 13.7. The number of hydrogen-bond donors (Lipinski definition) is 1. The summed E-state index contributed by atoms with van der Waals surface area (Å²) in [6.07, 6.45) is 3.70. The predicted molar refractivity (Wildman–Crippen MR) is 84.5 cm³/mol. The van der Waals surface area contributed by atoms with Crippen LogP contribution in [0, 0.1) is 24.0 Å². The van der Waals surface area contributed by atoms with Crippen molar-refractivity contribution in [3.05, 3.63) is 57.2 Å². The lowest BCUT2D eigenvalue weighted by Crippen LogP contribution is -2.16. The number of carbonyl (C=O) groups excluding carboxylic acids is 1. The molecule has 1 saturated carbocycles. The summed E-state index contributed by atoms with van der Waals surface area (Å²) < 4.78 is 0. The Labute approximate surface area is 132 Å². The van der Waals surface area contributed by atoms with Crippen LogP contribution in [0.5, 0.6) is 0 Å². The molecular formula is C16H16N4O3. The van der Waals surface area contributed by atoms with Gasteiger partial charge in [-0.05, 0) is 32.8 Å². The minimum atomic E-state index is -0.489. The van der Waals surface area contributed by atoms with Crippen LogP contribution in [0.3, 0.4) is 0 Å². The minimum Gasteiger partial charge on any atom is -0.319 e. The average Bonchev–Trinajstić information content (AvgIpc) is 3.33. The standard InChI is InChI=1S/C16H16N4O3/c1-9-12(4-3-5-14(9)20(22)23)16(21)19-13-8-17-10(2)18-15(13)11-6-7-11/h3-5,8,11H,6-7H2,1-2H3,(H,19,21). The summed E-state index contributed by atoms with van der Waals surface area (Å²) in [6.45, 7) is 3.38. The molecule has 3 rings (SSSR count). The molecule has 118 valence electrons. The van der Waals surface area contributed by atoms with E-state index in [9.17, 15) is 14.9 Å². The van der Waals surface area contributed by atoms with Gasteiger partial charge in [-0.25, -0.2) is 9.97 Å². The minimum absolute atomic E-state index is 0.0692. The Morgan fingerprint density at radius 1 is 1.35 bits per heavy atom. The molecule has 0 radical (unpaired) electrons. The van der Waals surface area contributed by atoms with Gasteiger partial charge >= 0.3 is 0 Å². The first-order valence-corrected chi connectivity index (χ1v) is 7.36. The van der Waals surface area contributed by atoms with E-state index in [2.05, 4.69) is 15.3 Å². The molecule has 23 heavy (non-hydrogen) atoms. The number of anilines is 1. The van der Waals surface area contributed by atoms with E-state index in [0.29, 0.717) is 23.0 Å². The lowest BCUT2D eigenvalue weighted by molar-refractivity contribution is -0.385. The van der Waals surface area contributed by atoms with Crippen molar-refractivity contribution < 1.29 is 9.72 Å². The Hall–Kier alpha value is -2.83. The third-order valence-electron chi connectivity index (χ3n) is 3.90. The molecule has 2 aromatic rings. The van der Waals surface area contributed by atoms with Gasteiger partial charge in [0, 0.05) is 23.1 Å². The van der Waals surface area contributed by atoms with E-state index >= 15 is 0 Å². The maximum atomic E-state index is 12.5. The van der Waals surface area contributed by atoms with E-state index in [1.807, 2.05) is 6.92 Å². The Kier molecular flexibility index (Phi) is 3.77. The molecule has 1 amide bonds. The largest absolute Gasteiger partial charge is 0.319 e. The van der Waals surface area contributed by atoms with Gasteiger partial charge in [-0.3, -0.25) is 14.9 Å². The lowest BCUT2D eigenvalue weighted by atomic mass is 10.1. The summed E-state index contributed by atoms with van der Waals surface area (Å²) in [5, 5.41) is 13.8. The number of amides is 1. The first-order valence-electron chi connectivity index (χ1n) is 7.36. The molecule has 1 aromatic carbocycles. The van der Waals surface area contributed by atoms with Crippen molar-refractivity contribution in [3.63, 3.8) is 0 Å². The number of hydrogen-bond acceptors (Lipinski definition) is 5. The van der Waals surface area contributed by atoms with Crippen molar-refractivity contribution in [2.45, 2.75) is 32.6 Å². The molecule has 7 heteroatoms. The van der Waals surface area contributed by atoms with Gasteiger partial charge in [-0.2, -0.15) is 0 Å². The van der Waals surface area contributed by atoms with E-state index in [1.54, 1.807) is 19.2 Å². The van der Waals surface area contributed by atoms with Crippen molar-refractivity contribution in [2.75, 3.05) is 5.32 Å². The van der Waals surface area contributed by atoms with E-state index in [1.165, 1.54) is 12.1 Å². The first kappa shape index (κ1) is 15.1. The Balaban J connectivity index is 1.91. The van der Waals surface area contributed by atoms with Crippen molar-refractivity contribution in [1.29, 1.82) is 0 Å². The van der Waals surface area contributed by atoms with Crippen LogP contribution in [0.15, 0.2) is 24.4 Å². The van der Waals surface area contributed by atoms with Crippen LogP contribution < -0.4 is 5.32 Å².